The van der Waals surface area contributed by atoms with Crippen molar-refractivity contribution in [2.75, 3.05) is 33.3 Å². The molecule has 28 heavy (non-hydrogen) atoms. The molecule has 1 saturated heterocycles. The number of carbonyl (C=O) groups excluding carboxylic acids is 1. The van der Waals surface area contributed by atoms with Crippen molar-refractivity contribution in [3.63, 3.8) is 0 Å². The molecule has 1 aliphatic rings. The summed E-state index contributed by atoms with van der Waals surface area (Å²) in [4.78, 5) is 20.6. The predicted molar refractivity (Wildman–Crippen MR) is 117 cm³/mol. The Bertz CT molecular complexity index is 752. The number of carbonyl (C=O) groups is 1. The van der Waals surface area contributed by atoms with Crippen molar-refractivity contribution in [1.82, 2.24) is 14.8 Å². The summed E-state index contributed by atoms with van der Waals surface area (Å²) in [5.74, 6) is 0.888. The Balaban J connectivity index is 0.000000209. The number of thiazole rings is 1. The molecule has 2 aromatic rings. The van der Waals surface area contributed by atoms with Crippen LogP contribution in [0.25, 0.3) is 10.6 Å². The number of nitrogens with zero attached hydrogens (tertiary/aromatic N) is 3. The van der Waals surface area contributed by atoms with Gasteiger partial charge in [0.05, 0.1) is 18.4 Å². The summed E-state index contributed by atoms with van der Waals surface area (Å²) in [5, 5.41) is 1.04. The molecule has 1 fully saturated rings. The number of aryl methyl sites for hydroxylation is 3. The largest absolute Gasteiger partial charge is 0.496 e. The highest BCUT2D eigenvalue weighted by Crippen LogP contribution is 2.34. The van der Waals surface area contributed by atoms with Crippen LogP contribution in [0.2, 0.25) is 0 Å². The second-order valence-corrected chi connectivity index (χ2v) is 8.33. The number of amides is 1. The topological polar surface area (TPSA) is 45.7 Å². The molecule has 3 rings (SSSR count). The lowest BCUT2D eigenvalue weighted by Crippen LogP contribution is -2.37. The summed E-state index contributed by atoms with van der Waals surface area (Å²) >= 11 is 1.71. The van der Waals surface area contributed by atoms with Crippen LogP contribution >= 0.6 is 11.3 Å². The van der Waals surface area contributed by atoms with Gasteiger partial charge in [0.25, 0.3) is 0 Å². The average Bonchev–Trinajstić information content (AvgIpc) is 3.30. The summed E-state index contributed by atoms with van der Waals surface area (Å²) in [7, 11) is 1.70. The zero-order chi connectivity index (χ0) is 20.7. The molecule has 1 atom stereocenters. The number of hydrogen-bond donors (Lipinski definition) is 0. The summed E-state index contributed by atoms with van der Waals surface area (Å²) < 4.78 is 5.37. The van der Waals surface area contributed by atoms with E-state index in [1.165, 1.54) is 10.4 Å². The highest BCUT2D eigenvalue weighted by molar-refractivity contribution is 7.15. The maximum atomic E-state index is 10.5. The molecule has 0 aliphatic carbocycles. The second kappa shape index (κ2) is 10.6. The molecule has 2 heterocycles. The van der Waals surface area contributed by atoms with Gasteiger partial charge in [-0.1, -0.05) is 25.5 Å². The van der Waals surface area contributed by atoms with Gasteiger partial charge >= 0.3 is 0 Å². The third kappa shape index (κ3) is 5.55. The van der Waals surface area contributed by atoms with E-state index in [1.54, 1.807) is 18.4 Å². The predicted octanol–water partition coefficient (Wildman–Crippen LogP) is 4.30. The van der Waals surface area contributed by atoms with Crippen LogP contribution in [-0.4, -0.2) is 60.5 Å². The van der Waals surface area contributed by atoms with Crippen LogP contribution in [0, 0.1) is 20.8 Å². The average molecular weight is 404 g/mol. The van der Waals surface area contributed by atoms with Gasteiger partial charge in [-0.3, -0.25) is 9.69 Å². The molecule has 154 valence electrons. The van der Waals surface area contributed by atoms with Gasteiger partial charge in [-0.25, -0.2) is 4.98 Å². The van der Waals surface area contributed by atoms with Crippen LogP contribution in [-0.2, 0) is 4.79 Å². The van der Waals surface area contributed by atoms with E-state index < -0.39 is 0 Å². The zero-order valence-electron chi connectivity index (χ0n) is 18.0. The second-order valence-electron chi connectivity index (χ2n) is 7.13. The lowest BCUT2D eigenvalue weighted by Gasteiger charge is -2.25. The van der Waals surface area contributed by atoms with Crippen molar-refractivity contribution in [3.05, 3.63) is 34.3 Å². The Labute approximate surface area is 173 Å². The van der Waals surface area contributed by atoms with Crippen molar-refractivity contribution in [3.8, 4) is 16.3 Å². The third-order valence-electron chi connectivity index (χ3n) is 5.29. The molecular formula is C22H33N3O2S. The van der Waals surface area contributed by atoms with Crippen LogP contribution in [0.3, 0.4) is 0 Å². The number of benzene rings is 1. The molecule has 0 N–H and O–H groups in total. The smallest absolute Gasteiger partial charge is 0.209 e. The van der Waals surface area contributed by atoms with Gasteiger partial charge in [-0.05, 0) is 52.4 Å². The molecule has 6 heteroatoms. The van der Waals surface area contributed by atoms with Gasteiger partial charge in [-0.2, -0.15) is 0 Å². The molecule has 1 aromatic heterocycles. The van der Waals surface area contributed by atoms with E-state index in [0.717, 1.165) is 61.0 Å². The molecule has 5 nitrogen and oxygen atoms in total. The van der Waals surface area contributed by atoms with Gasteiger partial charge in [-0.15, -0.1) is 11.3 Å². The van der Waals surface area contributed by atoms with E-state index in [1.807, 2.05) is 17.9 Å². The normalized spacial score (nSPS) is 16.1. The van der Waals surface area contributed by atoms with Crippen molar-refractivity contribution < 1.29 is 9.53 Å². The van der Waals surface area contributed by atoms with Gasteiger partial charge in [0.1, 0.15) is 10.8 Å². The Morgan fingerprint density at radius 2 is 2.00 bits per heavy atom. The molecule has 0 spiro atoms. The van der Waals surface area contributed by atoms with Crippen molar-refractivity contribution in [1.29, 1.82) is 0 Å². The summed E-state index contributed by atoms with van der Waals surface area (Å²) in [6.45, 7) is 14.6. The monoisotopic (exact) mass is 403 g/mol. The zero-order valence-corrected chi connectivity index (χ0v) is 18.8. The number of likely N-dealkylation sites (tertiary alicyclic amines) is 1. The highest BCUT2D eigenvalue weighted by Gasteiger charge is 2.24. The number of methoxy groups -OCH3 is 1. The SMILES string of the molecule is CCN(CC)C1CCN(C=O)C1.COc1ccc(C)cc1-c1nc(C)c(C)s1. The van der Waals surface area contributed by atoms with E-state index in [0.29, 0.717) is 6.04 Å². The highest BCUT2D eigenvalue weighted by atomic mass is 32.1. The van der Waals surface area contributed by atoms with Crippen molar-refractivity contribution >= 4 is 17.7 Å². The Morgan fingerprint density at radius 3 is 2.50 bits per heavy atom. The lowest BCUT2D eigenvalue weighted by atomic mass is 10.1. The van der Waals surface area contributed by atoms with Crippen molar-refractivity contribution in [2.24, 2.45) is 0 Å². The minimum atomic E-state index is 0.602. The maximum Gasteiger partial charge on any atom is 0.209 e. The van der Waals surface area contributed by atoms with E-state index in [-0.39, 0.29) is 0 Å². The van der Waals surface area contributed by atoms with Gasteiger partial charge < -0.3 is 9.64 Å². The molecule has 1 aromatic carbocycles. The number of hydrogen-bond acceptors (Lipinski definition) is 5. The van der Waals surface area contributed by atoms with Crippen LogP contribution in [0.4, 0.5) is 0 Å². The first-order chi connectivity index (χ1) is 13.4. The fourth-order valence-corrected chi connectivity index (χ4v) is 4.41. The summed E-state index contributed by atoms with van der Waals surface area (Å²) in [5.41, 5.74) is 3.41. The molecular weight excluding hydrogens is 370 g/mol. The van der Waals surface area contributed by atoms with Crippen LogP contribution in [0.5, 0.6) is 5.75 Å². The summed E-state index contributed by atoms with van der Waals surface area (Å²) in [6.07, 6.45) is 2.10. The minimum absolute atomic E-state index is 0.602. The molecule has 1 aliphatic heterocycles. The van der Waals surface area contributed by atoms with Gasteiger partial charge in [0.2, 0.25) is 6.41 Å². The molecule has 0 saturated carbocycles. The first-order valence-electron chi connectivity index (χ1n) is 9.95. The third-order valence-corrected chi connectivity index (χ3v) is 6.39. The maximum absolute atomic E-state index is 10.5. The molecule has 0 radical (unpaired) electrons. The first-order valence-corrected chi connectivity index (χ1v) is 10.8. The van der Waals surface area contributed by atoms with Crippen molar-refractivity contribution in [2.45, 2.75) is 47.1 Å². The van der Waals surface area contributed by atoms with Gasteiger partial charge in [0, 0.05) is 24.0 Å². The standard InChI is InChI=1S/C13H15NOS.C9H18N2O/c1-8-5-6-12(15-4)11(7-8)13-14-9(2)10(3)16-13;1-3-11(4-2)9-5-6-10(7-9)8-12/h5-7H,1-4H3;8-9H,3-7H2,1-2H3. The minimum Gasteiger partial charge on any atom is -0.496 e. The van der Waals surface area contributed by atoms with E-state index in [2.05, 4.69) is 49.7 Å². The van der Waals surface area contributed by atoms with E-state index in [9.17, 15) is 4.79 Å². The number of likely N-dealkylation sites (N-methyl/N-ethyl adjacent to an activating group) is 1. The quantitative estimate of drug-likeness (QED) is 0.675. The Morgan fingerprint density at radius 1 is 1.29 bits per heavy atom. The number of rotatable bonds is 6. The fourth-order valence-electron chi connectivity index (χ4n) is 3.48. The fraction of sp³-hybridized carbons (Fsp3) is 0.545. The van der Waals surface area contributed by atoms with E-state index in [4.69, 9.17) is 4.74 Å². The Hall–Kier alpha value is -1.92. The van der Waals surface area contributed by atoms with Crippen LogP contribution in [0.1, 0.15) is 36.4 Å². The number of ether oxygens (including phenoxy) is 1. The molecule has 1 amide bonds. The van der Waals surface area contributed by atoms with Crippen LogP contribution in [0.15, 0.2) is 18.2 Å². The van der Waals surface area contributed by atoms with Gasteiger partial charge in [0.15, 0.2) is 0 Å². The summed E-state index contributed by atoms with van der Waals surface area (Å²) in [6, 6.07) is 6.77. The van der Waals surface area contributed by atoms with Crippen LogP contribution < -0.4 is 4.74 Å². The van der Waals surface area contributed by atoms with E-state index >= 15 is 0 Å². The lowest BCUT2D eigenvalue weighted by molar-refractivity contribution is -0.117. The first kappa shape index (κ1) is 22.4. The Kier molecular flexibility index (Phi) is 8.45. The molecule has 0 bridgehead atoms. The molecule has 1 unspecified atom stereocenters. The number of aromatic nitrogens is 1.